The summed E-state index contributed by atoms with van der Waals surface area (Å²) in [6, 6.07) is 22.2. The molecule has 5 rings (SSSR count). The fourth-order valence-electron chi connectivity index (χ4n) is 4.06. The summed E-state index contributed by atoms with van der Waals surface area (Å²) in [6.45, 7) is 1.64. The molecule has 3 aromatic carbocycles. The molecule has 3 aromatic rings. The number of nitrogens with zero attached hydrogens (tertiary/aromatic N) is 3. The summed E-state index contributed by atoms with van der Waals surface area (Å²) in [7, 11) is 0. The number of hydrogen-bond acceptors (Lipinski definition) is 2. The van der Waals surface area contributed by atoms with Gasteiger partial charge < -0.3 is 0 Å². The number of urea groups is 1. The van der Waals surface area contributed by atoms with Gasteiger partial charge in [-0.05, 0) is 35.6 Å². The number of carbonyl (C=O) groups excluding carboxylic acids is 1. The lowest BCUT2D eigenvalue weighted by atomic mass is 10.1. The van der Waals surface area contributed by atoms with Gasteiger partial charge in [-0.2, -0.15) is 5.01 Å². The third-order valence-electron chi connectivity index (χ3n) is 5.22. The van der Waals surface area contributed by atoms with Gasteiger partial charge in [-0.1, -0.05) is 60.1 Å². The van der Waals surface area contributed by atoms with Crippen LogP contribution in [0.1, 0.15) is 18.2 Å². The number of fused-ring (bicyclic) bond motifs is 2. The van der Waals surface area contributed by atoms with E-state index < -0.39 is 0 Å². The van der Waals surface area contributed by atoms with Gasteiger partial charge in [-0.15, -0.1) is 0 Å². The smallest absolute Gasteiger partial charge is 0.270 e. The Balaban J connectivity index is 1.69. The minimum atomic E-state index is -0.145. The number of hydrogen-bond donors (Lipinski definition) is 0. The summed E-state index contributed by atoms with van der Waals surface area (Å²) >= 11 is 6.09. The van der Waals surface area contributed by atoms with Crippen LogP contribution < -0.4 is 4.90 Å². The van der Waals surface area contributed by atoms with Crippen LogP contribution in [-0.2, 0) is 0 Å². The van der Waals surface area contributed by atoms with E-state index in [0.717, 1.165) is 41.5 Å². The van der Waals surface area contributed by atoms with Crippen LogP contribution in [0.5, 0.6) is 0 Å². The van der Waals surface area contributed by atoms with E-state index in [0.29, 0.717) is 5.02 Å². The molecular formula is C21H18ClN3O. The van der Waals surface area contributed by atoms with Crippen LogP contribution in [0.15, 0.2) is 66.7 Å². The molecule has 2 amide bonds. The number of amides is 2. The SMILES string of the molecule is O=C1N(c2cccc3ccccc23)C(c2ccc(Cl)cc2)N2CCCN12. The largest absolute Gasteiger partial charge is 0.340 e. The molecule has 0 aromatic heterocycles. The van der Waals surface area contributed by atoms with E-state index >= 15 is 0 Å². The zero-order valence-corrected chi connectivity index (χ0v) is 14.9. The maximum absolute atomic E-state index is 13.3. The van der Waals surface area contributed by atoms with Crippen molar-refractivity contribution in [1.82, 2.24) is 10.0 Å². The second-order valence-electron chi connectivity index (χ2n) is 6.72. The van der Waals surface area contributed by atoms with Crippen LogP contribution in [0, 0.1) is 0 Å². The average molecular weight is 364 g/mol. The molecule has 0 bridgehead atoms. The molecule has 4 nitrogen and oxygen atoms in total. The highest BCUT2D eigenvalue weighted by Crippen LogP contribution is 2.42. The van der Waals surface area contributed by atoms with E-state index in [9.17, 15) is 4.79 Å². The van der Waals surface area contributed by atoms with Crippen LogP contribution in [0.4, 0.5) is 10.5 Å². The monoisotopic (exact) mass is 363 g/mol. The third-order valence-corrected chi connectivity index (χ3v) is 5.47. The molecule has 26 heavy (non-hydrogen) atoms. The summed E-state index contributed by atoms with van der Waals surface area (Å²) in [5.41, 5.74) is 2.02. The fourth-order valence-corrected chi connectivity index (χ4v) is 4.19. The Morgan fingerprint density at radius 2 is 1.65 bits per heavy atom. The number of halogens is 1. The average Bonchev–Trinajstić information content (AvgIpc) is 3.24. The number of benzene rings is 3. The van der Waals surface area contributed by atoms with Crippen LogP contribution >= 0.6 is 11.6 Å². The normalized spacial score (nSPS) is 20.2. The predicted octanol–water partition coefficient (Wildman–Crippen LogP) is 5.05. The highest BCUT2D eigenvalue weighted by atomic mass is 35.5. The van der Waals surface area contributed by atoms with Crippen molar-refractivity contribution in [1.29, 1.82) is 0 Å². The van der Waals surface area contributed by atoms with Crippen LogP contribution in [0.3, 0.4) is 0 Å². The highest BCUT2D eigenvalue weighted by Gasteiger charge is 2.48. The summed E-state index contributed by atoms with van der Waals surface area (Å²) in [5.74, 6) is 0. The van der Waals surface area contributed by atoms with Crippen molar-refractivity contribution < 1.29 is 4.79 Å². The summed E-state index contributed by atoms with van der Waals surface area (Å²) in [6.07, 6.45) is 0.854. The quantitative estimate of drug-likeness (QED) is 0.636. The van der Waals surface area contributed by atoms with Crippen LogP contribution in [0.2, 0.25) is 5.02 Å². The molecule has 5 heteroatoms. The van der Waals surface area contributed by atoms with Gasteiger partial charge in [0.2, 0.25) is 0 Å². The molecule has 1 unspecified atom stereocenters. The molecule has 0 spiro atoms. The molecular weight excluding hydrogens is 346 g/mol. The van der Waals surface area contributed by atoms with Crippen molar-refractivity contribution in [3.05, 3.63) is 77.3 Å². The van der Waals surface area contributed by atoms with Crippen molar-refractivity contribution in [2.24, 2.45) is 0 Å². The first kappa shape index (κ1) is 15.7. The maximum Gasteiger partial charge on any atom is 0.340 e. The van der Waals surface area contributed by atoms with E-state index in [1.165, 1.54) is 0 Å². The van der Waals surface area contributed by atoms with Crippen molar-refractivity contribution in [3.63, 3.8) is 0 Å². The zero-order valence-electron chi connectivity index (χ0n) is 14.2. The summed E-state index contributed by atoms with van der Waals surface area (Å²) < 4.78 is 0. The second kappa shape index (κ2) is 6.01. The molecule has 0 N–H and O–H groups in total. The zero-order chi connectivity index (χ0) is 17.7. The Morgan fingerprint density at radius 1 is 0.885 bits per heavy atom. The first-order chi connectivity index (χ1) is 12.7. The van der Waals surface area contributed by atoms with E-state index in [1.807, 2.05) is 58.4 Å². The fraction of sp³-hybridized carbons (Fsp3) is 0.190. The maximum atomic E-state index is 13.3. The van der Waals surface area contributed by atoms with E-state index in [-0.39, 0.29) is 12.2 Å². The molecule has 2 saturated heterocycles. The molecule has 0 radical (unpaired) electrons. The summed E-state index contributed by atoms with van der Waals surface area (Å²) in [5, 5.41) is 6.97. The van der Waals surface area contributed by atoms with Gasteiger partial charge in [-0.3, -0.25) is 9.91 Å². The van der Waals surface area contributed by atoms with Crippen molar-refractivity contribution in [3.8, 4) is 0 Å². The van der Waals surface area contributed by atoms with E-state index in [4.69, 9.17) is 11.6 Å². The minimum absolute atomic E-state index is 0.0406. The first-order valence-corrected chi connectivity index (χ1v) is 9.22. The van der Waals surface area contributed by atoms with E-state index in [2.05, 4.69) is 23.2 Å². The van der Waals surface area contributed by atoms with Crippen LogP contribution in [-0.4, -0.2) is 29.1 Å². The minimum Gasteiger partial charge on any atom is -0.270 e. The van der Waals surface area contributed by atoms with Gasteiger partial charge in [0.25, 0.3) is 0 Å². The van der Waals surface area contributed by atoms with Gasteiger partial charge in [0.1, 0.15) is 6.17 Å². The van der Waals surface area contributed by atoms with Crippen molar-refractivity contribution in [2.75, 3.05) is 18.0 Å². The molecule has 0 aliphatic carbocycles. The van der Waals surface area contributed by atoms with Crippen molar-refractivity contribution in [2.45, 2.75) is 12.6 Å². The van der Waals surface area contributed by atoms with Gasteiger partial charge >= 0.3 is 6.03 Å². The Bertz CT molecular complexity index is 983. The number of carbonyl (C=O) groups is 1. The van der Waals surface area contributed by atoms with Gasteiger partial charge in [0.15, 0.2) is 0 Å². The third kappa shape index (κ3) is 2.30. The highest BCUT2D eigenvalue weighted by molar-refractivity contribution is 6.30. The Labute approximate surface area is 157 Å². The lowest BCUT2D eigenvalue weighted by Gasteiger charge is -2.28. The number of hydrazine groups is 1. The van der Waals surface area contributed by atoms with E-state index in [1.54, 1.807) is 0 Å². The number of rotatable bonds is 2. The number of anilines is 1. The molecule has 2 aliphatic heterocycles. The summed E-state index contributed by atoms with van der Waals surface area (Å²) in [4.78, 5) is 15.2. The Morgan fingerprint density at radius 3 is 2.50 bits per heavy atom. The topological polar surface area (TPSA) is 26.8 Å². The second-order valence-corrected chi connectivity index (χ2v) is 7.15. The first-order valence-electron chi connectivity index (χ1n) is 8.84. The molecule has 130 valence electrons. The molecule has 2 aliphatic rings. The van der Waals surface area contributed by atoms with Crippen LogP contribution in [0.25, 0.3) is 10.8 Å². The lowest BCUT2D eigenvalue weighted by molar-refractivity contribution is 0.0728. The van der Waals surface area contributed by atoms with Gasteiger partial charge in [0, 0.05) is 23.5 Å². The van der Waals surface area contributed by atoms with Gasteiger partial charge in [-0.25, -0.2) is 4.79 Å². The standard InChI is InChI=1S/C21H18ClN3O/c22-17-11-9-16(10-12-17)20-23-13-4-14-24(23)21(26)25(20)19-8-3-6-15-5-1-2-7-18(15)19/h1-3,5-12,20H,4,13-14H2. The lowest BCUT2D eigenvalue weighted by Crippen LogP contribution is -2.32. The predicted molar refractivity (Wildman–Crippen MR) is 104 cm³/mol. The Hall–Kier alpha value is -2.56. The van der Waals surface area contributed by atoms with Gasteiger partial charge in [0.05, 0.1) is 5.69 Å². The molecule has 2 heterocycles. The molecule has 1 atom stereocenters. The van der Waals surface area contributed by atoms with Crippen molar-refractivity contribution >= 4 is 34.1 Å². The molecule has 0 saturated carbocycles. The Kier molecular flexibility index (Phi) is 3.62. The molecule has 2 fully saturated rings.